The molecule has 0 unspecified atom stereocenters. The molecule has 70 valence electrons. The smallest absolute Gasteiger partial charge is 0.137 e. The fourth-order valence-corrected chi connectivity index (χ4v) is 2.68. The van der Waals surface area contributed by atoms with E-state index in [9.17, 15) is 5.11 Å². The second-order valence-electron chi connectivity index (χ2n) is 2.24. The average Bonchev–Trinajstić information content (AvgIpc) is 2.09. The van der Waals surface area contributed by atoms with Crippen LogP contribution in [-0.4, -0.2) is 18.4 Å². The molecule has 0 spiro atoms. The van der Waals surface area contributed by atoms with Crippen LogP contribution in [0.2, 0.25) is 0 Å². The SMILES string of the molecule is CO/N=C/c1cc(I)cc(I)c1O. The van der Waals surface area contributed by atoms with Crippen molar-refractivity contribution in [1.29, 1.82) is 0 Å². The van der Waals surface area contributed by atoms with Crippen molar-refractivity contribution in [2.45, 2.75) is 0 Å². The first kappa shape index (κ1) is 11.0. The molecular weight excluding hydrogens is 396 g/mol. The first-order valence-electron chi connectivity index (χ1n) is 3.39. The van der Waals surface area contributed by atoms with E-state index in [2.05, 4.69) is 55.2 Å². The van der Waals surface area contributed by atoms with Crippen LogP contribution in [0.3, 0.4) is 0 Å². The Morgan fingerprint density at radius 1 is 1.46 bits per heavy atom. The van der Waals surface area contributed by atoms with E-state index in [1.165, 1.54) is 13.3 Å². The zero-order valence-electron chi connectivity index (χ0n) is 6.79. The van der Waals surface area contributed by atoms with Crippen molar-refractivity contribution in [2.75, 3.05) is 7.11 Å². The summed E-state index contributed by atoms with van der Waals surface area (Å²) in [6, 6.07) is 3.72. The van der Waals surface area contributed by atoms with Crippen molar-refractivity contribution < 1.29 is 9.94 Å². The number of phenolic OH excluding ortho intramolecular Hbond substituents is 1. The van der Waals surface area contributed by atoms with Gasteiger partial charge in [-0.05, 0) is 57.3 Å². The van der Waals surface area contributed by atoms with Gasteiger partial charge < -0.3 is 9.94 Å². The third-order valence-electron chi connectivity index (χ3n) is 1.35. The van der Waals surface area contributed by atoms with Gasteiger partial charge in [0.25, 0.3) is 0 Å². The lowest BCUT2D eigenvalue weighted by Gasteiger charge is -2.01. The minimum Gasteiger partial charge on any atom is -0.506 e. The zero-order chi connectivity index (χ0) is 9.84. The number of benzene rings is 1. The van der Waals surface area contributed by atoms with Crippen LogP contribution in [0.15, 0.2) is 17.3 Å². The summed E-state index contributed by atoms with van der Waals surface area (Å²) in [5, 5.41) is 13.2. The lowest BCUT2D eigenvalue weighted by Crippen LogP contribution is -1.88. The van der Waals surface area contributed by atoms with E-state index in [0.29, 0.717) is 5.56 Å². The molecule has 1 aromatic rings. The summed E-state index contributed by atoms with van der Waals surface area (Å²) in [5.74, 6) is 0.238. The number of hydrogen-bond acceptors (Lipinski definition) is 3. The van der Waals surface area contributed by atoms with Gasteiger partial charge in [0.05, 0.1) is 9.78 Å². The van der Waals surface area contributed by atoms with Gasteiger partial charge in [0.15, 0.2) is 0 Å². The second-order valence-corrected chi connectivity index (χ2v) is 4.65. The van der Waals surface area contributed by atoms with Gasteiger partial charge >= 0.3 is 0 Å². The van der Waals surface area contributed by atoms with Gasteiger partial charge in [-0.25, -0.2) is 0 Å². The average molecular weight is 403 g/mol. The van der Waals surface area contributed by atoms with Crippen molar-refractivity contribution >= 4 is 51.4 Å². The summed E-state index contributed by atoms with van der Waals surface area (Å²) in [6.07, 6.45) is 1.49. The first-order valence-corrected chi connectivity index (χ1v) is 5.55. The summed E-state index contributed by atoms with van der Waals surface area (Å²) < 4.78 is 1.86. The van der Waals surface area contributed by atoms with Crippen LogP contribution in [0.1, 0.15) is 5.56 Å². The van der Waals surface area contributed by atoms with Gasteiger partial charge in [0, 0.05) is 9.13 Å². The van der Waals surface area contributed by atoms with Crippen LogP contribution in [0.4, 0.5) is 0 Å². The van der Waals surface area contributed by atoms with Crippen LogP contribution in [0.25, 0.3) is 0 Å². The monoisotopic (exact) mass is 403 g/mol. The topological polar surface area (TPSA) is 41.8 Å². The highest BCUT2D eigenvalue weighted by atomic mass is 127. The fourth-order valence-electron chi connectivity index (χ4n) is 0.794. The van der Waals surface area contributed by atoms with E-state index < -0.39 is 0 Å². The van der Waals surface area contributed by atoms with E-state index in [1.54, 1.807) is 0 Å². The Balaban J connectivity index is 3.12. The highest BCUT2D eigenvalue weighted by molar-refractivity contribution is 14.1. The third kappa shape index (κ3) is 2.97. The molecule has 0 fully saturated rings. The summed E-state index contributed by atoms with van der Waals surface area (Å²) >= 11 is 4.25. The van der Waals surface area contributed by atoms with E-state index in [-0.39, 0.29) is 5.75 Å². The Kier molecular flexibility index (Phi) is 4.23. The van der Waals surface area contributed by atoms with Crippen LogP contribution in [0, 0.1) is 7.14 Å². The highest BCUT2D eigenvalue weighted by Gasteiger charge is 2.04. The fraction of sp³-hybridized carbons (Fsp3) is 0.125. The number of aromatic hydroxyl groups is 1. The van der Waals surface area contributed by atoms with Gasteiger partial charge in [0.1, 0.15) is 12.9 Å². The Hall–Kier alpha value is -0.0500. The molecule has 1 N–H and O–H groups in total. The predicted octanol–water partition coefficient (Wildman–Crippen LogP) is 2.58. The molecular formula is C8H7I2NO2. The molecule has 13 heavy (non-hydrogen) atoms. The molecule has 0 radical (unpaired) electrons. The minimum absolute atomic E-state index is 0.238. The molecule has 1 rings (SSSR count). The maximum absolute atomic E-state index is 9.59. The number of nitrogens with zero attached hydrogens (tertiary/aromatic N) is 1. The van der Waals surface area contributed by atoms with Crippen LogP contribution < -0.4 is 0 Å². The summed E-state index contributed by atoms with van der Waals surface area (Å²) in [4.78, 5) is 4.53. The molecule has 0 aliphatic rings. The van der Waals surface area contributed by atoms with Gasteiger partial charge in [-0.3, -0.25) is 0 Å². The number of phenols is 1. The molecule has 0 saturated carbocycles. The molecule has 0 aliphatic carbocycles. The van der Waals surface area contributed by atoms with E-state index in [0.717, 1.165) is 7.14 Å². The van der Waals surface area contributed by atoms with Crippen molar-refractivity contribution in [2.24, 2.45) is 5.16 Å². The molecule has 0 aliphatic heterocycles. The molecule has 0 amide bonds. The standard InChI is InChI=1S/C8H7I2NO2/c1-13-11-4-5-2-6(9)3-7(10)8(5)12/h2-4,12H,1H3/b11-4+. The van der Waals surface area contributed by atoms with Gasteiger partial charge in [-0.15, -0.1) is 0 Å². The van der Waals surface area contributed by atoms with Crippen molar-refractivity contribution in [3.8, 4) is 5.75 Å². The number of halogens is 2. The van der Waals surface area contributed by atoms with E-state index in [1.807, 2.05) is 12.1 Å². The van der Waals surface area contributed by atoms with Crippen LogP contribution >= 0.6 is 45.2 Å². The van der Waals surface area contributed by atoms with Crippen molar-refractivity contribution in [3.05, 3.63) is 24.8 Å². The Bertz CT molecular complexity index is 339. The molecule has 5 heteroatoms. The van der Waals surface area contributed by atoms with E-state index >= 15 is 0 Å². The van der Waals surface area contributed by atoms with E-state index in [4.69, 9.17) is 0 Å². The van der Waals surface area contributed by atoms with Crippen molar-refractivity contribution in [1.82, 2.24) is 0 Å². The molecule has 0 aromatic heterocycles. The molecule has 0 saturated heterocycles. The van der Waals surface area contributed by atoms with Crippen molar-refractivity contribution in [3.63, 3.8) is 0 Å². The molecule has 0 bridgehead atoms. The summed E-state index contributed by atoms with van der Waals surface area (Å²) in [7, 11) is 1.46. The quantitative estimate of drug-likeness (QED) is 0.469. The third-order valence-corrected chi connectivity index (χ3v) is 2.80. The molecule has 1 aromatic carbocycles. The summed E-state index contributed by atoms with van der Waals surface area (Å²) in [6.45, 7) is 0. The maximum Gasteiger partial charge on any atom is 0.137 e. The Morgan fingerprint density at radius 2 is 2.15 bits per heavy atom. The summed E-state index contributed by atoms with van der Waals surface area (Å²) in [5.41, 5.74) is 0.665. The predicted molar refractivity (Wildman–Crippen MR) is 68.1 cm³/mol. The van der Waals surface area contributed by atoms with Gasteiger partial charge in [0.2, 0.25) is 0 Å². The Labute approximate surface area is 103 Å². The molecule has 3 nitrogen and oxygen atoms in total. The largest absolute Gasteiger partial charge is 0.506 e. The maximum atomic E-state index is 9.59. The zero-order valence-corrected chi connectivity index (χ0v) is 11.1. The highest BCUT2D eigenvalue weighted by Crippen LogP contribution is 2.25. The lowest BCUT2D eigenvalue weighted by atomic mass is 10.2. The Morgan fingerprint density at radius 3 is 2.77 bits per heavy atom. The van der Waals surface area contributed by atoms with Crippen LogP contribution in [0.5, 0.6) is 5.75 Å². The van der Waals surface area contributed by atoms with Crippen LogP contribution in [-0.2, 0) is 4.84 Å². The normalized spacial score (nSPS) is 10.7. The van der Waals surface area contributed by atoms with Gasteiger partial charge in [-0.1, -0.05) is 5.16 Å². The molecule has 0 atom stereocenters. The minimum atomic E-state index is 0.238. The van der Waals surface area contributed by atoms with Gasteiger partial charge in [-0.2, -0.15) is 0 Å². The first-order chi connectivity index (χ1) is 6.15. The number of oxime groups is 1. The molecule has 0 heterocycles. The second kappa shape index (κ2) is 4.99. The number of hydrogen-bond donors (Lipinski definition) is 1. The lowest BCUT2D eigenvalue weighted by molar-refractivity contribution is 0.215. The number of rotatable bonds is 2.